The van der Waals surface area contributed by atoms with Crippen LogP contribution >= 0.6 is 0 Å². The van der Waals surface area contributed by atoms with E-state index in [2.05, 4.69) is 10.2 Å². The minimum absolute atomic E-state index is 0.0431. The van der Waals surface area contributed by atoms with Gasteiger partial charge in [-0.2, -0.15) is 0 Å². The van der Waals surface area contributed by atoms with Crippen LogP contribution in [0.15, 0.2) is 18.2 Å². The highest BCUT2D eigenvalue weighted by Crippen LogP contribution is 2.19. The number of anilines is 1. The van der Waals surface area contributed by atoms with Gasteiger partial charge in [-0.05, 0) is 31.4 Å². The second kappa shape index (κ2) is 5.50. The van der Waals surface area contributed by atoms with Crippen LogP contribution in [0, 0.1) is 13.8 Å². The monoisotopic (exact) mass is 247 g/mol. The summed E-state index contributed by atoms with van der Waals surface area (Å²) in [6, 6.07) is 6.24. The fraction of sp³-hybridized carbons (Fsp3) is 0.500. The average Bonchev–Trinajstić information content (AvgIpc) is 2.69. The van der Waals surface area contributed by atoms with Gasteiger partial charge in [0.1, 0.15) is 0 Å². The summed E-state index contributed by atoms with van der Waals surface area (Å²) in [5.74, 6) is 0.0431. The van der Waals surface area contributed by atoms with Crippen molar-refractivity contribution in [1.29, 1.82) is 0 Å². The van der Waals surface area contributed by atoms with Crippen LogP contribution in [0.3, 0.4) is 0 Å². The molecule has 2 rings (SSSR count). The Labute approximate surface area is 108 Å². The molecule has 0 radical (unpaired) electrons. The van der Waals surface area contributed by atoms with E-state index < -0.39 is 0 Å². The standard InChI is InChI=1S/C14H21N3O/c1-10-4-3-5-11(2)14(10)16-13(18)9-17-7-6-12(15)8-17/h3-5,12H,6-9,15H2,1-2H3,(H,16,18)/t12-/m1/s1. The lowest BCUT2D eigenvalue weighted by Crippen LogP contribution is -2.33. The Kier molecular flexibility index (Phi) is 3.99. The first kappa shape index (κ1) is 13.1. The van der Waals surface area contributed by atoms with E-state index in [4.69, 9.17) is 5.73 Å². The summed E-state index contributed by atoms with van der Waals surface area (Å²) < 4.78 is 0. The number of carbonyl (C=O) groups is 1. The molecule has 1 fully saturated rings. The lowest BCUT2D eigenvalue weighted by molar-refractivity contribution is -0.117. The smallest absolute Gasteiger partial charge is 0.238 e. The zero-order valence-electron chi connectivity index (χ0n) is 11.1. The molecule has 0 aromatic heterocycles. The number of likely N-dealkylation sites (tertiary alicyclic amines) is 1. The Balaban J connectivity index is 1.95. The number of nitrogens with one attached hydrogen (secondary N) is 1. The van der Waals surface area contributed by atoms with Gasteiger partial charge < -0.3 is 11.1 Å². The summed E-state index contributed by atoms with van der Waals surface area (Å²) >= 11 is 0. The number of aryl methyl sites for hydroxylation is 2. The second-order valence-corrected chi connectivity index (χ2v) is 5.10. The molecule has 1 aromatic carbocycles. The van der Waals surface area contributed by atoms with Crippen molar-refractivity contribution >= 4 is 11.6 Å². The molecule has 0 aliphatic carbocycles. The van der Waals surface area contributed by atoms with E-state index in [1.807, 2.05) is 32.0 Å². The van der Waals surface area contributed by atoms with Crippen LogP contribution in [-0.2, 0) is 4.79 Å². The van der Waals surface area contributed by atoms with E-state index in [0.717, 1.165) is 36.3 Å². The van der Waals surface area contributed by atoms with Crippen LogP contribution in [0.1, 0.15) is 17.5 Å². The number of amides is 1. The quantitative estimate of drug-likeness (QED) is 0.846. The summed E-state index contributed by atoms with van der Waals surface area (Å²) in [4.78, 5) is 14.1. The molecule has 0 spiro atoms. The molecule has 18 heavy (non-hydrogen) atoms. The molecule has 1 aromatic rings. The minimum atomic E-state index is 0.0431. The van der Waals surface area contributed by atoms with Gasteiger partial charge in [0.05, 0.1) is 6.54 Å². The minimum Gasteiger partial charge on any atom is -0.326 e. The molecule has 98 valence electrons. The summed E-state index contributed by atoms with van der Waals surface area (Å²) in [6.45, 7) is 6.19. The normalized spacial score (nSPS) is 20.1. The maximum Gasteiger partial charge on any atom is 0.238 e. The molecular formula is C14H21N3O. The summed E-state index contributed by atoms with van der Waals surface area (Å²) in [5.41, 5.74) is 8.96. The van der Waals surface area contributed by atoms with Gasteiger partial charge in [0.15, 0.2) is 0 Å². The van der Waals surface area contributed by atoms with Gasteiger partial charge in [0.25, 0.3) is 0 Å². The van der Waals surface area contributed by atoms with E-state index in [1.54, 1.807) is 0 Å². The Bertz CT molecular complexity index is 424. The van der Waals surface area contributed by atoms with Crippen molar-refractivity contribution in [3.63, 3.8) is 0 Å². The molecule has 0 bridgehead atoms. The van der Waals surface area contributed by atoms with Crippen LogP contribution < -0.4 is 11.1 Å². The predicted octanol–water partition coefficient (Wildman–Crippen LogP) is 1.27. The lowest BCUT2D eigenvalue weighted by Gasteiger charge is -2.16. The lowest BCUT2D eigenvalue weighted by atomic mass is 10.1. The third-order valence-corrected chi connectivity index (χ3v) is 3.42. The van der Waals surface area contributed by atoms with Gasteiger partial charge in [-0.3, -0.25) is 9.69 Å². The molecule has 0 unspecified atom stereocenters. The van der Waals surface area contributed by atoms with Crippen molar-refractivity contribution < 1.29 is 4.79 Å². The Hall–Kier alpha value is -1.39. The van der Waals surface area contributed by atoms with Crippen LogP contribution in [-0.4, -0.2) is 36.5 Å². The van der Waals surface area contributed by atoms with E-state index in [-0.39, 0.29) is 11.9 Å². The summed E-state index contributed by atoms with van der Waals surface area (Å²) in [6.07, 6.45) is 0.983. The van der Waals surface area contributed by atoms with Gasteiger partial charge in [-0.25, -0.2) is 0 Å². The molecule has 0 saturated carbocycles. The number of carbonyl (C=O) groups excluding carboxylic acids is 1. The molecule has 1 heterocycles. The molecule has 4 nitrogen and oxygen atoms in total. The summed E-state index contributed by atoms with van der Waals surface area (Å²) in [5, 5.41) is 3.00. The van der Waals surface area contributed by atoms with E-state index in [9.17, 15) is 4.79 Å². The van der Waals surface area contributed by atoms with Gasteiger partial charge in [0.2, 0.25) is 5.91 Å². The van der Waals surface area contributed by atoms with Crippen LogP contribution in [0.5, 0.6) is 0 Å². The van der Waals surface area contributed by atoms with Gasteiger partial charge in [-0.15, -0.1) is 0 Å². The molecule has 1 aliphatic heterocycles. The van der Waals surface area contributed by atoms with Gasteiger partial charge in [0, 0.05) is 24.8 Å². The number of nitrogens with zero attached hydrogens (tertiary/aromatic N) is 1. The number of para-hydroxylation sites is 1. The van der Waals surface area contributed by atoms with Crippen LogP contribution in [0.4, 0.5) is 5.69 Å². The van der Waals surface area contributed by atoms with E-state index in [1.165, 1.54) is 0 Å². The number of hydrogen-bond donors (Lipinski definition) is 2. The Morgan fingerprint density at radius 3 is 2.67 bits per heavy atom. The number of rotatable bonds is 3. The highest BCUT2D eigenvalue weighted by Gasteiger charge is 2.21. The van der Waals surface area contributed by atoms with Crippen molar-refractivity contribution in [2.45, 2.75) is 26.3 Å². The van der Waals surface area contributed by atoms with Gasteiger partial charge >= 0.3 is 0 Å². The van der Waals surface area contributed by atoms with Crippen molar-refractivity contribution in [3.8, 4) is 0 Å². The fourth-order valence-electron chi connectivity index (χ4n) is 2.40. The molecule has 1 saturated heterocycles. The van der Waals surface area contributed by atoms with Crippen molar-refractivity contribution in [3.05, 3.63) is 29.3 Å². The first-order valence-corrected chi connectivity index (χ1v) is 6.40. The first-order valence-electron chi connectivity index (χ1n) is 6.40. The molecular weight excluding hydrogens is 226 g/mol. The van der Waals surface area contributed by atoms with Crippen LogP contribution in [0.2, 0.25) is 0 Å². The number of benzene rings is 1. The summed E-state index contributed by atoms with van der Waals surface area (Å²) in [7, 11) is 0. The second-order valence-electron chi connectivity index (χ2n) is 5.10. The zero-order valence-corrected chi connectivity index (χ0v) is 11.1. The van der Waals surface area contributed by atoms with E-state index in [0.29, 0.717) is 6.54 Å². The van der Waals surface area contributed by atoms with Crippen molar-refractivity contribution in [2.75, 3.05) is 25.0 Å². The fourth-order valence-corrected chi connectivity index (χ4v) is 2.40. The van der Waals surface area contributed by atoms with Gasteiger partial charge in [-0.1, -0.05) is 18.2 Å². The average molecular weight is 247 g/mol. The molecule has 3 N–H and O–H groups in total. The molecule has 1 atom stereocenters. The van der Waals surface area contributed by atoms with E-state index >= 15 is 0 Å². The number of hydrogen-bond acceptors (Lipinski definition) is 3. The maximum absolute atomic E-state index is 12.0. The van der Waals surface area contributed by atoms with Crippen molar-refractivity contribution in [2.24, 2.45) is 5.73 Å². The SMILES string of the molecule is Cc1cccc(C)c1NC(=O)CN1CC[C@@H](N)C1. The Morgan fingerprint density at radius 2 is 2.11 bits per heavy atom. The zero-order chi connectivity index (χ0) is 13.1. The maximum atomic E-state index is 12.0. The predicted molar refractivity (Wildman–Crippen MR) is 73.6 cm³/mol. The van der Waals surface area contributed by atoms with Crippen molar-refractivity contribution in [1.82, 2.24) is 4.90 Å². The molecule has 1 aliphatic rings. The largest absolute Gasteiger partial charge is 0.326 e. The highest BCUT2D eigenvalue weighted by molar-refractivity contribution is 5.93. The Morgan fingerprint density at radius 1 is 1.44 bits per heavy atom. The molecule has 1 amide bonds. The third-order valence-electron chi connectivity index (χ3n) is 3.42. The first-order chi connectivity index (χ1) is 8.56. The van der Waals surface area contributed by atoms with Crippen LogP contribution in [0.25, 0.3) is 0 Å². The third kappa shape index (κ3) is 3.09. The topological polar surface area (TPSA) is 58.4 Å². The molecule has 4 heteroatoms. The highest BCUT2D eigenvalue weighted by atomic mass is 16.2. The number of nitrogens with two attached hydrogens (primary N) is 1.